The van der Waals surface area contributed by atoms with Crippen LogP contribution in [0, 0.1) is 18.3 Å². The highest BCUT2D eigenvalue weighted by Crippen LogP contribution is 2.34. The summed E-state index contributed by atoms with van der Waals surface area (Å²) < 4.78 is 38.3. The standard InChI is InChI=1S/C15H16F3N/c1-3-12-6-7-13(15(16,17)18)9-14(12)19-8-4-5-11(2)10-19/h1,6-7,9,11H,4-5,8,10H2,2H3. The van der Waals surface area contributed by atoms with Crippen LogP contribution in [0.5, 0.6) is 0 Å². The molecule has 4 heteroatoms. The number of alkyl halides is 3. The van der Waals surface area contributed by atoms with Crippen LogP contribution in [-0.2, 0) is 6.18 Å². The summed E-state index contributed by atoms with van der Waals surface area (Å²) >= 11 is 0. The normalized spacial score (nSPS) is 20.2. The second-order valence-electron chi connectivity index (χ2n) is 5.07. The molecule has 1 aliphatic rings. The van der Waals surface area contributed by atoms with Crippen molar-refractivity contribution >= 4 is 5.69 Å². The second-order valence-corrected chi connectivity index (χ2v) is 5.07. The third-order valence-corrected chi connectivity index (χ3v) is 3.48. The Kier molecular flexibility index (Phi) is 3.75. The summed E-state index contributed by atoms with van der Waals surface area (Å²) in [4.78, 5) is 1.97. The molecule has 1 atom stereocenters. The number of benzene rings is 1. The fourth-order valence-corrected chi connectivity index (χ4v) is 2.50. The van der Waals surface area contributed by atoms with Crippen molar-refractivity contribution in [2.45, 2.75) is 25.9 Å². The minimum atomic E-state index is -4.33. The summed E-state index contributed by atoms with van der Waals surface area (Å²) in [6.07, 6.45) is 3.16. The summed E-state index contributed by atoms with van der Waals surface area (Å²) in [5.74, 6) is 2.96. The van der Waals surface area contributed by atoms with E-state index in [-0.39, 0.29) is 0 Å². The monoisotopic (exact) mass is 267 g/mol. The van der Waals surface area contributed by atoms with Crippen LogP contribution in [0.2, 0.25) is 0 Å². The van der Waals surface area contributed by atoms with Crippen molar-refractivity contribution in [2.75, 3.05) is 18.0 Å². The summed E-state index contributed by atoms with van der Waals surface area (Å²) in [6.45, 7) is 3.63. The topological polar surface area (TPSA) is 3.24 Å². The average molecular weight is 267 g/mol. The average Bonchev–Trinajstić information content (AvgIpc) is 2.37. The molecule has 0 bridgehead atoms. The molecular weight excluding hydrogens is 251 g/mol. The molecule has 2 rings (SSSR count). The number of anilines is 1. The Morgan fingerprint density at radius 1 is 1.37 bits per heavy atom. The van der Waals surface area contributed by atoms with E-state index in [4.69, 9.17) is 6.42 Å². The molecule has 1 nitrogen and oxygen atoms in total. The van der Waals surface area contributed by atoms with Crippen molar-refractivity contribution in [1.82, 2.24) is 0 Å². The van der Waals surface area contributed by atoms with Crippen molar-refractivity contribution in [2.24, 2.45) is 5.92 Å². The van der Waals surface area contributed by atoms with Crippen LogP contribution in [0.15, 0.2) is 18.2 Å². The van der Waals surface area contributed by atoms with Gasteiger partial charge in [0.15, 0.2) is 0 Å². The van der Waals surface area contributed by atoms with E-state index < -0.39 is 11.7 Å². The quantitative estimate of drug-likeness (QED) is 0.697. The third-order valence-electron chi connectivity index (χ3n) is 3.48. The smallest absolute Gasteiger partial charge is 0.370 e. The maximum Gasteiger partial charge on any atom is 0.416 e. The molecule has 0 amide bonds. The Morgan fingerprint density at radius 3 is 2.68 bits per heavy atom. The van der Waals surface area contributed by atoms with Gasteiger partial charge in [-0.25, -0.2) is 0 Å². The van der Waals surface area contributed by atoms with Crippen LogP contribution < -0.4 is 4.90 Å². The van der Waals surface area contributed by atoms with Crippen LogP contribution in [0.25, 0.3) is 0 Å². The lowest BCUT2D eigenvalue weighted by atomic mass is 9.98. The number of halogens is 3. The first kappa shape index (κ1) is 13.8. The predicted molar refractivity (Wildman–Crippen MR) is 70.0 cm³/mol. The predicted octanol–water partition coefficient (Wildman–Crippen LogP) is 3.92. The van der Waals surface area contributed by atoms with Crippen molar-refractivity contribution in [3.63, 3.8) is 0 Å². The van der Waals surface area contributed by atoms with Crippen molar-refractivity contribution in [1.29, 1.82) is 0 Å². The SMILES string of the molecule is C#Cc1ccc(C(F)(F)F)cc1N1CCCC(C)C1. The lowest BCUT2D eigenvalue weighted by Gasteiger charge is -2.33. The molecule has 1 heterocycles. The van der Waals surface area contributed by atoms with E-state index in [0.717, 1.165) is 32.0 Å². The van der Waals surface area contributed by atoms with Crippen LogP contribution in [-0.4, -0.2) is 13.1 Å². The van der Waals surface area contributed by atoms with E-state index in [1.54, 1.807) is 0 Å². The second kappa shape index (κ2) is 5.16. The Morgan fingerprint density at radius 2 is 2.11 bits per heavy atom. The van der Waals surface area contributed by atoms with Gasteiger partial charge in [0.1, 0.15) is 0 Å². The molecular formula is C15H16F3N. The van der Waals surface area contributed by atoms with Gasteiger partial charge in [-0.3, -0.25) is 0 Å². The Hall–Kier alpha value is -1.63. The molecule has 1 aromatic carbocycles. The molecule has 0 aromatic heterocycles. The first-order valence-corrected chi connectivity index (χ1v) is 6.34. The first-order valence-electron chi connectivity index (χ1n) is 6.34. The summed E-state index contributed by atoms with van der Waals surface area (Å²) in [6, 6.07) is 3.61. The Bertz CT molecular complexity index is 499. The van der Waals surface area contributed by atoms with Gasteiger partial charge in [0, 0.05) is 18.7 Å². The van der Waals surface area contributed by atoms with Crippen LogP contribution in [0.1, 0.15) is 30.9 Å². The Balaban J connectivity index is 2.39. The zero-order chi connectivity index (χ0) is 14.0. The number of rotatable bonds is 1. The first-order chi connectivity index (χ1) is 8.91. The molecule has 19 heavy (non-hydrogen) atoms. The van der Waals surface area contributed by atoms with Gasteiger partial charge in [-0.15, -0.1) is 6.42 Å². The summed E-state index contributed by atoms with van der Waals surface area (Å²) in [5.41, 5.74) is 0.422. The maximum absolute atomic E-state index is 12.8. The summed E-state index contributed by atoms with van der Waals surface area (Å²) in [7, 11) is 0. The molecule has 1 aromatic rings. The highest BCUT2D eigenvalue weighted by molar-refractivity contribution is 5.62. The van der Waals surface area contributed by atoms with E-state index in [1.165, 1.54) is 12.1 Å². The molecule has 1 unspecified atom stereocenters. The number of hydrogen-bond acceptors (Lipinski definition) is 1. The number of nitrogens with zero attached hydrogens (tertiary/aromatic N) is 1. The van der Waals surface area contributed by atoms with Gasteiger partial charge in [-0.05, 0) is 37.0 Å². The fraction of sp³-hybridized carbons (Fsp3) is 0.467. The zero-order valence-electron chi connectivity index (χ0n) is 10.8. The molecule has 102 valence electrons. The maximum atomic E-state index is 12.8. The van der Waals surface area contributed by atoms with Gasteiger partial charge in [-0.1, -0.05) is 12.8 Å². The van der Waals surface area contributed by atoms with Gasteiger partial charge < -0.3 is 4.90 Å². The highest BCUT2D eigenvalue weighted by Gasteiger charge is 2.31. The van der Waals surface area contributed by atoms with E-state index in [0.29, 0.717) is 17.2 Å². The molecule has 0 N–H and O–H groups in total. The van der Waals surface area contributed by atoms with Gasteiger partial charge in [0.05, 0.1) is 11.3 Å². The van der Waals surface area contributed by atoms with Gasteiger partial charge >= 0.3 is 6.18 Å². The fourth-order valence-electron chi connectivity index (χ4n) is 2.50. The van der Waals surface area contributed by atoms with Gasteiger partial charge in [-0.2, -0.15) is 13.2 Å². The van der Waals surface area contributed by atoms with E-state index in [9.17, 15) is 13.2 Å². The number of hydrogen-bond donors (Lipinski definition) is 0. The Labute approximate surface area is 111 Å². The van der Waals surface area contributed by atoms with Crippen LogP contribution in [0.3, 0.4) is 0 Å². The van der Waals surface area contributed by atoms with Crippen molar-refractivity contribution < 1.29 is 13.2 Å². The van der Waals surface area contributed by atoms with Gasteiger partial charge in [0.2, 0.25) is 0 Å². The lowest BCUT2D eigenvalue weighted by Crippen LogP contribution is -2.34. The number of terminal acetylenes is 1. The molecule has 0 aliphatic carbocycles. The molecule has 0 radical (unpaired) electrons. The van der Waals surface area contributed by atoms with E-state index in [2.05, 4.69) is 12.8 Å². The minimum absolute atomic E-state index is 0.480. The zero-order valence-corrected chi connectivity index (χ0v) is 10.8. The summed E-state index contributed by atoms with van der Waals surface area (Å²) in [5, 5.41) is 0. The lowest BCUT2D eigenvalue weighted by molar-refractivity contribution is -0.137. The van der Waals surface area contributed by atoms with Gasteiger partial charge in [0.25, 0.3) is 0 Å². The molecule has 0 spiro atoms. The molecule has 0 saturated carbocycles. The van der Waals surface area contributed by atoms with Crippen LogP contribution >= 0.6 is 0 Å². The van der Waals surface area contributed by atoms with Crippen molar-refractivity contribution in [3.8, 4) is 12.3 Å². The highest BCUT2D eigenvalue weighted by atomic mass is 19.4. The molecule has 1 saturated heterocycles. The molecule has 1 aliphatic heterocycles. The van der Waals surface area contributed by atoms with E-state index in [1.807, 2.05) is 4.90 Å². The van der Waals surface area contributed by atoms with Crippen LogP contribution in [0.4, 0.5) is 18.9 Å². The molecule has 1 fully saturated rings. The number of piperidine rings is 1. The largest absolute Gasteiger partial charge is 0.416 e. The van der Waals surface area contributed by atoms with Crippen molar-refractivity contribution in [3.05, 3.63) is 29.3 Å². The van der Waals surface area contributed by atoms with E-state index >= 15 is 0 Å². The minimum Gasteiger partial charge on any atom is -0.370 e. The third kappa shape index (κ3) is 3.04.